The van der Waals surface area contributed by atoms with Crippen molar-refractivity contribution in [2.24, 2.45) is 4.99 Å². The highest BCUT2D eigenvalue weighted by molar-refractivity contribution is 14.0. The van der Waals surface area contributed by atoms with E-state index in [0.717, 1.165) is 30.4 Å². The summed E-state index contributed by atoms with van der Waals surface area (Å²) in [5, 5.41) is 10.9. The van der Waals surface area contributed by atoms with E-state index in [2.05, 4.69) is 46.5 Å². The van der Waals surface area contributed by atoms with Gasteiger partial charge in [0.2, 0.25) is 0 Å². The van der Waals surface area contributed by atoms with Crippen LogP contribution in [0.3, 0.4) is 0 Å². The molecule has 1 aliphatic rings. The Morgan fingerprint density at radius 3 is 2.67 bits per heavy atom. The molecular formula is C17H32IN5O. The van der Waals surface area contributed by atoms with Gasteiger partial charge in [0.05, 0.1) is 5.69 Å². The Bertz CT molecular complexity index is 483. The van der Waals surface area contributed by atoms with Gasteiger partial charge in [0, 0.05) is 31.7 Å². The van der Waals surface area contributed by atoms with Gasteiger partial charge in [-0.3, -0.25) is 0 Å². The zero-order valence-corrected chi connectivity index (χ0v) is 17.5. The number of aryl methyl sites for hydroxylation is 1. The Morgan fingerprint density at radius 2 is 2.08 bits per heavy atom. The molecule has 2 heterocycles. The average molecular weight is 449 g/mol. The fourth-order valence-corrected chi connectivity index (χ4v) is 2.88. The largest absolute Gasteiger partial charge is 0.359 e. The number of piperidine rings is 1. The highest BCUT2D eigenvalue weighted by Crippen LogP contribution is 2.11. The van der Waals surface area contributed by atoms with Crippen molar-refractivity contribution >= 4 is 29.9 Å². The van der Waals surface area contributed by atoms with Crippen LogP contribution in [-0.4, -0.2) is 48.2 Å². The minimum absolute atomic E-state index is 0. The van der Waals surface area contributed by atoms with E-state index in [9.17, 15) is 0 Å². The number of rotatable bonds is 7. The van der Waals surface area contributed by atoms with E-state index in [1.54, 1.807) is 0 Å². The van der Waals surface area contributed by atoms with Gasteiger partial charge in [0.15, 0.2) is 11.7 Å². The van der Waals surface area contributed by atoms with Crippen LogP contribution >= 0.6 is 24.0 Å². The Kier molecular flexibility index (Phi) is 10.3. The molecule has 0 saturated carbocycles. The molecule has 0 unspecified atom stereocenters. The maximum Gasteiger partial charge on any atom is 0.191 e. The summed E-state index contributed by atoms with van der Waals surface area (Å²) >= 11 is 0. The van der Waals surface area contributed by atoms with E-state index in [1.807, 2.05) is 6.07 Å². The number of halogens is 1. The predicted octanol–water partition coefficient (Wildman–Crippen LogP) is 2.78. The van der Waals surface area contributed by atoms with Crippen LogP contribution in [-0.2, 0) is 13.0 Å². The lowest BCUT2D eigenvalue weighted by Gasteiger charge is -2.32. The molecule has 24 heavy (non-hydrogen) atoms. The molecule has 2 rings (SSSR count). The monoisotopic (exact) mass is 449 g/mol. The summed E-state index contributed by atoms with van der Waals surface area (Å²) < 4.78 is 5.30. The molecule has 1 saturated heterocycles. The second kappa shape index (κ2) is 11.7. The molecule has 1 aliphatic heterocycles. The number of guanidine groups is 1. The molecule has 0 atom stereocenters. The molecule has 0 radical (unpaired) electrons. The van der Waals surface area contributed by atoms with Crippen LogP contribution in [0.25, 0.3) is 0 Å². The molecule has 7 heteroatoms. The van der Waals surface area contributed by atoms with Crippen molar-refractivity contribution in [3.63, 3.8) is 0 Å². The first-order valence-corrected chi connectivity index (χ1v) is 8.96. The van der Waals surface area contributed by atoms with E-state index < -0.39 is 0 Å². The molecule has 0 amide bonds. The van der Waals surface area contributed by atoms with Crippen molar-refractivity contribution in [3.05, 3.63) is 17.5 Å². The summed E-state index contributed by atoms with van der Waals surface area (Å²) in [5.74, 6) is 1.69. The molecule has 1 aromatic heterocycles. The topological polar surface area (TPSA) is 65.7 Å². The standard InChI is InChI=1S/C17H31N5O.HI/c1-4-9-22-10-7-15(8-11-22)20-17(18-6-3)19-13-16-12-14(5-2)21-23-16;/h12,15H,4-11,13H2,1-3H3,(H2,18,19,20);1H. The minimum atomic E-state index is 0. The number of aliphatic imine (C=N–C) groups is 1. The molecular weight excluding hydrogens is 417 g/mol. The van der Waals surface area contributed by atoms with Crippen LogP contribution < -0.4 is 10.6 Å². The van der Waals surface area contributed by atoms with Gasteiger partial charge in [-0.2, -0.15) is 0 Å². The Balaban J connectivity index is 0.00000288. The van der Waals surface area contributed by atoms with Gasteiger partial charge in [-0.05, 0) is 39.2 Å². The van der Waals surface area contributed by atoms with Gasteiger partial charge >= 0.3 is 0 Å². The Morgan fingerprint density at radius 1 is 1.33 bits per heavy atom. The summed E-state index contributed by atoms with van der Waals surface area (Å²) in [5.41, 5.74) is 0.983. The lowest BCUT2D eigenvalue weighted by molar-refractivity contribution is 0.206. The molecule has 1 aromatic rings. The van der Waals surface area contributed by atoms with Crippen LogP contribution in [0.2, 0.25) is 0 Å². The predicted molar refractivity (Wildman–Crippen MR) is 109 cm³/mol. The lowest BCUT2D eigenvalue weighted by Crippen LogP contribution is -2.48. The first kappa shape index (κ1) is 21.2. The maximum atomic E-state index is 5.30. The quantitative estimate of drug-likeness (QED) is 0.381. The minimum Gasteiger partial charge on any atom is -0.359 e. The fraction of sp³-hybridized carbons (Fsp3) is 0.765. The van der Waals surface area contributed by atoms with Crippen LogP contribution in [0.5, 0.6) is 0 Å². The van der Waals surface area contributed by atoms with Crippen molar-refractivity contribution in [1.82, 2.24) is 20.7 Å². The lowest BCUT2D eigenvalue weighted by atomic mass is 10.1. The molecule has 1 fully saturated rings. The molecule has 0 aliphatic carbocycles. The zero-order valence-electron chi connectivity index (χ0n) is 15.2. The van der Waals surface area contributed by atoms with Crippen molar-refractivity contribution in [3.8, 4) is 0 Å². The van der Waals surface area contributed by atoms with Crippen LogP contribution in [0.15, 0.2) is 15.6 Å². The highest BCUT2D eigenvalue weighted by Gasteiger charge is 2.19. The average Bonchev–Trinajstić information content (AvgIpc) is 3.03. The third kappa shape index (κ3) is 6.96. The number of hydrogen-bond donors (Lipinski definition) is 2. The maximum absolute atomic E-state index is 5.30. The number of hydrogen-bond acceptors (Lipinski definition) is 4. The van der Waals surface area contributed by atoms with Gasteiger partial charge in [0.25, 0.3) is 0 Å². The SMILES string of the molecule is CCCN1CCC(NC(=NCc2cc(CC)no2)NCC)CC1.I. The third-order valence-electron chi connectivity index (χ3n) is 4.18. The van der Waals surface area contributed by atoms with Gasteiger partial charge in [-0.15, -0.1) is 24.0 Å². The second-order valence-electron chi connectivity index (χ2n) is 6.09. The molecule has 0 bridgehead atoms. The fourth-order valence-electron chi connectivity index (χ4n) is 2.88. The summed E-state index contributed by atoms with van der Waals surface area (Å²) in [6, 6.07) is 2.48. The Hall–Kier alpha value is -0.830. The van der Waals surface area contributed by atoms with Crippen molar-refractivity contribution in [2.75, 3.05) is 26.2 Å². The van der Waals surface area contributed by atoms with Crippen LogP contribution in [0, 0.1) is 0 Å². The van der Waals surface area contributed by atoms with E-state index in [4.69, 9.17) is 4.52 Å². The normalized spacial score (nSPS) is 16.7. The van der Waals surface area contributed by atoms with Crippen LogP contribution in [0.1, 0.15) is 51.5 Å². The van der Waals surface area contributed by atoms with E-state index in [1.165, 1.54) is 38.9 Å². The molecule has 0 aromatic carbocycles. The summed E-state index contributed by atoms with van der Waals surface area (Å²) in [4.78, 5) is 7.17. The number of likely N-dealkylation sites (tertiary alicyclic amines) is 1. The van der Waals surface area contributed by atoms with E-state index in [0.29, 0.717) is 12.6 Å². The van der Waals surface area contributed by atoms with E-state index >= 15 is 0 Å². The van der Waals surface area contributed by atoms with Gasteiger partial charge in [0.1, 0.15) is 6.54 Å². The van der Waals surface area contributed by atoms with Gasteiger partial charge < -0.3 is 20.1 Å². The van der Waals surface area contributed by atoms with Crippen molar-refractivity contribution < 1.29 is 4.52 Å². The van der Waals surface area contributed by atoms with Crippen molar-refractivity contribution in [1.29, 1.82) is 0 Å². The Labute approximate surface area is 162 Å². The zero-order chi connectivity index (χ0) is 16.5. The van der Waals surface area contributed by atoms with Crippen LogP contribution in [0.4, 0.5) is 0 Å². The van der Waals surface area contributed by atoms with Gasteiger partial charge in [-0.25, -0.2) is 4.99 Å². The third-order valence-corrected chi connectivity index (χ3v) is 4.18. The molecule has 6 nitrogen and oxygen atoms in total. The molecule has 2 N–H and O–H groups in total. The first-order chi connectivity index (χ1) is 11.2. The highest BCUT2D eigenvalue weighted by atomic mass is 127. The summed E-state index contributed by atoms with van der Waals surface area (Å²) in [6.45, 7) is 11.3. The molecule has 0 spiro atoms. The van der Waals surface area contributed by atoms with Gasteiger partial charge in [-0.1, -0.05) is 19.0 Å². The second-order valence-corrected chi connectivity index (χ2v) is 6.09. The van der Waals surface area contributed by atoms with Crippen molar-refractivity contribution in [2.45, 2.75) is 59.0 Å². The van der Waals surface area contributed by atoms with E-state index in [-0.39, 0.29) is 24.0 Å². The molecule has 138 valence electrons. The smallest absolute Gasteiger partial charge is 0.191 e. The number of nitrogens with zero attached hydrogens (tertiary/aromatic N) is 3. The number of aromatic nitrogens is 1. The summed E-state index contributed by atoms with van der Waals surface area (Å²) in [6.07, 6.45) is 4.47. The first-order valence-electron chi connectivity index (χ1n) is 8.96. The summed E-state index contributed by atoms with van der Waals surface area (Å²) in [7, 11) is 0. The number of nitrogens with one attached hydrogen (secondary N) is 2.